The SMILES string of the molecule is CCCCN(C)C(=O)c1ccc(C(=O)N2CCN(C(C)=O)CC2)cc1. The molecule has 6 heteroatoms. The molecule has 0 atom stereocenters. The van der Waals surface area contributed by atoms with Crippen molar-refractivity contribution in [1.82, 2.24) is 14.7 Å². The summed E-state index contributed by atoms with van der Waals surface area (Å²) in [6.45, 7) is 6.59. The van der Waals surface area contributed by atoms with Gasteiger partial charge in [0.1, 0.15) is 0 Å². The summed E-state index contributed by atoms with van der Waals surface area (Å²) in [7, 11) is 1.80. The second kappa shape index (κ2) is 8.65. The van der Waals surface area contributed by atoms with Gasteiger partial charge in [-0.15, -0.1) is 0 Å². The van der Waals surface area contributed by atoms with E-state index >= 15 is 0 Å². The minimum Gasteiger partial charge on any atom is -0.342 e. The number of hydrogen-bond donors (Lipinski definition) is 0. The number of nitrogens with zero attached hydrogens (tertiary/aromatic N) is 3. The number of rotatable bonds is 5. The van der Waals surface area contributed by atoms with E-state index in [1.165, 1.54) is 0 Å². The Morgan fingerprint density at radius 1 is 0.960 bits per heavy atom. The van der Waals surface area contributed by atoms with E-state index in [4.69, 9.17) is 0 Å². The van der Waals surface area contributed by atoms with E-state index in [1.54, 1.807) is 52.9 Å². The highest BCUT2D eigenvalue weighted by Gasteiger charge is 2.23. The molecule has 6 nitrogen and oxygen atoms in total. The number of piperazine rings is 1. The largest absolute Gasteiger partial charge is 0.342 e. The number of amides is 3. The predicted molar refractivity (Wildman–Crippen MR) is 96.5 cm³/mol. The fourth-order valence-electron chi connectivity index (χ4n) is 2.88. The van der Waals surface area contributed by atoms with Crippen LogP contribution in [0, 0.1) is 0 Å². The van der Waals surface area contributed by atoms with Crippen LogP contribution in [0.2, 0.25) is 0 Å². The molecule has 25 heavy (non-hydrogen) atoms. The molecular formula is C19H27N3O3. The summed E-state index contributed by atoms with van der Waals surface area (Å²) >= 11 is 0. The molecule has 2 rings (SSSR count). The van der Waals surface area contributed by atoms with Crippen molar-refractivity contribution < 1.29 is 14.4 Å². The molecule has 1 saturated heterocycles. The third kappa shape index (κ3) is 4.81. The highest BCUT2D eigenvalue weighted by molar-refractivity contribution is 5.97. The van der Waals surface area contributed by atoms with Crippen LogP contribution >= 0.6 is 0 Å². The fourth-order valence-corrected chi connectivity index (χ4v) is 2.88. The van der Waals surface area contributed by atoms with Gasteiger partial charge >= 0.3 is 0 Å². The first-order valence-corrected chi connectivity index (χ1v) is 8.84. The smallest absolute Gasteiger partial charge is 0.253 e. The Labute approximate surface area is 149 Å². The zero-order valence-electron chi connectivity index (χ0n) is 15.3. The van der Waals surface area contributed by atoms with Gasteiger partial charge in [0.25, 0.3) is 11.8 Å². The van der Waals surface area contributed by atoms with Gasteiger partial charge in [-0.25, -0.2) is 0 Å². The van der Waals surface area contributed by atoms with E-state index in [-0.39, 0.29) is 17.7 Å². The number of carbonyl (C=O) groups is 3. The summed E-state index contributed by atoms with van der Waals surface area (Å²) in [5.41, 5.74) is 1.17. The maximum atomic E-state index is 12.6. The first-order valence-electron chi connectivity index (χ1n) is 8.84. The van der Waals surface area contributed by atoms with Gasteiger partial charge in [-0.05, 0) is 30.7 Å². The second-order valence-corrected chi connectivity index (χ2v) is 6.46. The molecule has 1 aromatic rings. The third-order valence-electron chi connectivity index (χ3n) is 4.58. The molecule has 1 heterocycles. The minimum absolute atomic E-state index is 0.0254. The molecule has 0 saturated carbocycles. The average Bonchev–Trinajstić information content (AvgIpc) is 2.65. The quantitative estimate of drug-likeness (QED) is 0.818. The maximum absolute atomic E-state index is 12.6. The maximum Gasteiger partial charge on any atom is 0.253 e. The molecule has 0 aromatic heterocycles. The lowest BCUT2D eigenvalue weighted by Gasteiger charge is -2.34. The van der Waals surface area contributed by atoms with Crippen LogP contribution in [0.1, 0.15) is 47.4 Å². The molecule has 1 aliphatic heterocycles. The summed E-state index contributed by atoms with van der Waals surface area (Å²) in [5.74, 6) is -0.0359. The van der Waals surface area contributed by atoms with Gasteiger partial charge in [0.05, 0.1) is 0 Å². The molecule has 1 aliphatic rings. The highest BCUT2D eigenvalue weighted by Crippen LogP contribution is 2.12. The summed E-state index contributed by atoms with van der Waals surface area (Å²) in [4.78, 5) is 41.5. The van der Waals surface area contributed by atoms with Crippen molar-refractivity contribution in [2.24, 2.45) is 0 Å². The molecule has 136 valence electrons. The molecule has 0 aliphatic carbocycles. The molecule has 3 amide bonds. The van der Waals surface area contributed by atoms with Crippen molar-refractivity contribution in [1.29, 1.82) is 0 Å². The monoisotopic (exact) mass is 345 g/mol. The second-order valence-electron chi connectivity index (χ2n) is 6.46. The first-order chi connectivity index (χ1) is 11.9. The molecule has 1 aromatic carbocycles. The summed E-state index contributed by atoms with van der Waals surface area (Å²) in [6, 6.07) is 6.84. The van der Waals surface area contributed by atoms with Gasteiger partial charge in [0.2, 0.25) is 5.91 Å². The van der Waals surface area contributed by atoms with E-state index in [0.717, 1.165) is 19.4 Å². The van der Waals surface area contributed by atoms with Gasteiger partial charge in [-0.1, -0.05) is 13.3 Å². The Morgan fingerprint density at radius 3 is 2.00 bits per heavy atom. The van der Waals surface area contributed by atoms with Crippen molar-refractivity contribution in [3.63, 3.8) is 0 Å². The summed E-state index contributed by atoms with van der Waals surface area (Å²) in [6.07, 6.45) is 2.02. The third-order valence-corrected chi connectivity index (χ3v) is 4.58. The van der Waals surface area contributed by atoms with Crippen molar-refractivity contribution in [2.45, 2.75) is 26.7 Å². The summed E-state index contributed by atoms with van der Waals surface area (Å²) < 4.78 is 0. The van der Waals surface area contributed by atoms with Crippen molar-refractivity contribution >= 4 is 17.7 Å². The number of benzene rings is 1. The van der Waals surface area contributed by atoms with Crippen molar-refractivity contribution in [3.8, 4) is 0 Å². The fraction of sp³-hybridized carbons (Fsp3) is 0.526. The topological polar surface area (TPSA) is 60.9 Å². The van der Waals surface area contributed by atoms with E-state index < -0.39 is 0 Å². The Balaban J connectivity index is 1.96. The van der Waals surface area contributed by atoms with Crippen LogP contribution in [0.25, 0.3) is 0 Å². The lowest BCUT2D eigenvalue weighted by atomic mass is 10.1. The van der Waals surface area contributed by atoms with E-state index in [1.807, 2.05) is 0 Å². The van der Waals surface area contributed by atoms with Crippen LogP contribution in [0.5, 0.6) is 0 Å². The molecule has 0 bridgehead atoms. The molecular weight excluding hydrogens is 318 g/mol. The molecule has 1 fully saturated rings. The van der Waals surface area contributed by atoms with Crippen LogP contribution in [-0.2, 0) is 4.79 Å². The Kier molecular flexibility index (Phi) is 6.56. The van der Waals surface area contributed by atoms with Crippen molar-refractivity contribution in [2.75, 3.05) is 39.8 Å². The number of unbranched alkanes of at least 4 members (excludes halogenated alkanes) is 1. The van der Waals surface area contributed by atoms with Gasteiger partial charge in [0, 0.05) is 57.8 Å². The van der Waals surface area contributed by atoms with Crippen molar-refractivity contribution in [3.05, 3.63) is 35.4 Å². The van der Waals surface area contributed by atoms with Crippen LogP contribution in [0.15, 0.2) is 24.3 Å². The average molecular weight is 345 g/mol. The minimum atomic E-state index is -0.0541. The molecule has 0 spiro atoms. The van der Waals surface area contributed by atoms with Gasteiger partial charge in [0.15, 0.2) is 0 Å². The number of hydrogen-bond acceptors (Lipinski definition) is 3. The predicted octanol–water partition coefficient (Wildman–Crippen LogP) is 1.86. The zero-order valence-corrected chi connectivity index (χ0v) is 15.3. The molecule has 0 radical (unpaired) electrons. The highest BCUT2D eigenvalue weighted by atomic mass is 16.2. The Bertz CT molecular complexity index is 619. The zero-order chi connectivity index (χ0) is 18.4. The lowest BCUT2D eigenvalue weighted by Crippen LogP contribution is -2.50. The first kappa shape index (κ1) is 19.0. The van der Waals surface area contributed by atoms with Gasteiger partial charge in [-0.2, -0.15) is 0 Å². The summed E-state index contributed by atoms with van der Waals surface area (Å²) in [5, 5.41) is 0. The van der Waals surface area contributed by atoms with E-state index in [9.17, 15) is 14.4 Å². The van der Waals surface area contributed by atoms with Crippen LogP contribution < -0.4 is 0 Å². The van der Waals surface area contributed by atoms with Gasteiger partial charge in [-0.3, -0.25) is 14.4 Å². The van der Waals surface area contributed by atoms with E-state index in [2.05, 4.69) is 6.92 Å². The van der Waals surface area contributed by atoms with Crippen LogP contribution in [0.3, 0.4) is 0 Å². The standard InChI is InChI=1S/C19H27N3O3/c1-4-5-10-20(3)18(24)16-6-8-17(9-7-16)19(25)22-13-11-21(12-14-22)15(2)23/h6-9H,4-5,10-14H2,1-3H3. The van der Waals surface area contributed by atoms with Crippen LogP contribution in [-0.4, -0.2) is 72.2 Å². The van der Waals surface area contributed by atoms with E-state index in [0.29, 0.717) is 37.3 Å². The number of carbonyl (C=O) groups excluding carboxylic acids is 3. The molecule has 0 unspecified atom stereocenters. The lowest BCUT2D eigenvalue weighted by molar-refractivity contribution is -0.130. The Morgan fingerprint density at radius 2 is 1.48 bits per heavy atom. The van der Waals surface area contributed by atoms with Gasteiger partial charge < -0.3 is 14.7 Å². The normalized spacial score (nSPS) is 14.4. The Hall–Kier alpha value is -2.37. The van der Waals surface area contributed by atoms with Crippen LogP contribution in [0.4, 0.5) is 0 Å². The molecule has 0 N–H and O–H groups in total.